The molecule has 0 aliphatic carbocycles. The van der Waals surface area contributed by atoms with E-state index in [4.69, 9.17) is 4.74 Å². The molecule has 1 aromatic heterocycles. The summed E-state index contributed by atoms with van der Waals surface area (Å²) in [5.74, 6) is 0.350. The summed E-state index contributed by atoms with van der Waals surface area (Å²) in [4.78, 5) is 14.9. The summed E-state index contributed by atoms with van der Waals surface area (Å²) in [5, 5.41) is 5.61. The first-order valence-electron chi connectivity index (χ1n) is 7.50. The lowest BCUT2D eigenvalue weighted by Gasteiger charge is -2.27. The Labute approximate surface area is 146 Å². The van der Waals surface area contributed by atoms with Crippen molar-refractivity contribution in [2.24, 2.45) is 5.92 Å². The predicted octanol–water partition coefficient (Wildman–Crippen LogP) is 4.66. The second-order valence-electron chi connectivity index (χ2n) is 6.76. The van der Waals surface area contributed by atoms with Gasteiger partial charge in [-0.3, -0.25) is 0 Å². The summed E-state index contributed by atoms with van der Waals surface area (Å²) < 4.78 is 6.49. The van der Waals surface area contributed by atoms with Gasteiger partial charge in [-0.05, 0) is 62.2 Å². The van der Waals surface area contributed by atoms with Crippen LogP contribution in [0.1, 0.15) is 45.5 Å². The van der Waals surface area contributed by atoms with Gasteiger partial charge in [0.15, 0.2) is 0 Å². The Morgan fingerprint density at radius 3 is 2.59 bits per heavy atom. The number of amides is 1. The van der Waals surface area contributed by atoms with Crippen LogP contribution in [-0.2, 0) is 4.74 Å². The summed E-state index contributed by atoms with van der Waals surface area (Å²) in [5.41, 5.74) is -0.450. The highest BCUT2D eigenvalue weighted by atomic mass is 79.9. The minimum Gasteiger partial charge on any atom is -0.444 e. The summed E-state index contributed by atoms with van der Waals surface area (Å²) in [6, 6.07) is 2.45. The molecule has 6 heteroatoms. The number of rotatable bonds is 6. The first-order chi connectivity index (χ1) is 10.1. The number of halogens is 1. The van der Waals surface area contributed by atoms with Crippen LogP contribution in [0.2, 0.25) is 0 Å². The third kappa shape index (κ3) is 7.11. The molecule has 0 saturated heterocycles. The molecule has 1 heterocycles. The van der Waals surface area contributed by atoms with Crippen molar-refractivity contribution in [1.29, 1.82) is 0 Å². The Morgan fingerprint density at radius 1 is 1.45 bits per heavy atom. The minimum absolute atomic E-state index is 0.269. The van der Waals surface area contributed by atoms with E-state index in [0.29, 0.717) is 18.5 Å². The molecule has 0 aromatic carbocycles. The minimum atomic E-state index is -0.450. The molecule has 0 aliphatic rings. The maximum Gasteiger partial charge on any atom is 0.410 e. The Morgan fingerprint density at radius 2 is 2.09 bits per heavy atom. The Balaban J connectivity index is 2.36. The van der Waals surface area contributed by atoms with Crippen molar-refractivity contribution in [3.05, 3.63) is 20.8 Å². The van der Waals surface area contributed by atoms with Gasteiger partial charge >= 0.3 is 6.09 Å². The Hall–Kier alpha value is -0.590. The maximum absolute atomic E-state index is 11.9. The third-order valence-corrected chi connectivity index (χ3v) is 4.95. The lowest BCUT2D eigenvalue weighted by atomic mass is 10.1. The second-order valence-corrected chi connectivity index (χ2v) is 8.62. The quantitative estimate of drug-likeness (QED) is 0.767. The number of thiophene rings is 1. The van der Waals surface area contributed by atoms with E-state index in [0.717, 1.165) is 11.0 Å². The molecule has 1 rings (SSSR count). The Kier molecular flexibility index (Phi) is 7.35. The molecule has 0 aliphatic heterocycles. The van der Waals surface area contributed by atoms with Gasteiger partial charge in [0.05, 0.1) is 0 Å². The van der Waals surface area contributed by atoms with Gasteiger partial charge in [0, 0.05) is 34.4 Å². The SMILES string of the molecule is CC(CNC(C)c1cc(Br)cs1)CN(C)C(=O)OC(C)(C)C. The van der Waals surface area contributed by atoms with Crippen molar-refractivity contribution in [1.82, 2.24) is 10.2 Å². The fourth-order valence-electron chi connectivity index (χ4n) is 1.98. The van der Waals surface area contributed by atoms with Crippen molar-refractivity contribution in [3.63, 3.8) is 0 Å². The van der Waals surface area contributed by atoms with Gasteiger partial charge in [0.2, 0.25) is 0 Å². The third-order valence-electron chi connectivity index (χ3n) is 3.08. The topological polar surface area (TPSA) is 41.6 Å². The van der Waals surface area contributed by atoms with Crippen LogP contribution in [0, 0.1) is 5.92 Å². The molecule has 0 bridgehead atoms. The molecule has 1 aromatic rings. The van der Waals surface area contributed by atoms with Crippen LogP contribution in [0.15, 0.2) is 15.9 Å². The molecule has 2 unspecified atom stereocenters. The van der Waals surface area contributed by atoms with Crippen molar-refractivity contribution >= 4 is 33.4 Å². The number of carbonyl (C=O) groups excluding carboxylic acids is 1. The van der Waals surface area contributed by atoms with Crippen molar-refractivity contribution in [3.8, 4) is 0 Å². The number of carbonyl (C=O) groups is 1. The van der Waals surface area contributed by atoms with Gasteiger partial charge in [0.25, 0.3) is 0 Å². The maximum atomic E-state index is 11.9. The number of nitrogens with one attached hydrogen (secondary N) is 1. The van der Waals surface area contributed by atoms with Gasteiger partial charge in [-0.25, -0.2) is 4.79 Å². The lowest BCUT2D eigenvalue weighted by Crippen LogP contribution is -2.38. The van der Waals surface area contributed by atoms with Crippen LogP contribution in [0.4, 0.5) is 4.79 Å². The van der Waals surface area contributed by atoms with Gasteiger partial charge in [-0.2, -0.15) is 0 Å². The van der Waals surface area contributed by atoms with E-state index in [1.54, 1.807) is 23.3 Å². The number of hydrogen-bond donors (Lipinski definition) is 1. The summed E-state index contributed by atoms with van der Waals surface area (Å²) in [7, 11) is 1.78. The molecule has 1 N–H and O–H groups in total. The molecule has 22 heavy (non-hydrogen) atoms. The number of nitrogens with zero attached hydrogens (tertiary/aromatic N) is 1. The Bertz CT molecular complexity index is 485. The molecule has 126 valence electrons. The monoisotopic (exact) mass is 390 g/mol. The molecule has 0 radical (unpaired) electrons. The number of ether oxygens (including phenoxy) is 1. The van der Waals surface area contributed by atoms with E-state index < -0.39 is 5.60 Å². The van der Waals surface area contributed by atoms with E-state index in [2.05, 4.69) is 46.5 Å². The smallest absolute Gasteiger partial charge is 0.410 e. The van der Waals surface area contributed by atoms with Crippen LogP contribution in [0.5, 0.6) is 0 Å². The normalized spacial score (nSPS) is 14.5. The van der Waals surface area contributed by atoms with Crippen LogP contribution in [-0.4, -0.2) is 36.7 Å². The van der Waals surface area contributed by atoms with Gasteiger partial charge in [-0.1, -0.05) is 6.92 Å². The molecular weight excluding hydrogens is 364 g/mol. The zero-order valence-electron chi connectivity index (χ0n) is 14.3. The largest absolute Gasteiger partial charge is 0.444 e. The highest BCUT2D eigenvalue weighted by molar-refractivity contribution is 9.10. The zero-order chi connectivity index (χ0) is 16.9. The van der Waals surface area contributed by atoms with Gasteiger partial charge in [-0.15, -0.1) is 11.3 Å². The van der Waals surface area contributed by atoms with Crippen molar-refractivity contribution in [2.75, 3.05) is 20.1 Å². The summed E-state index contributed by atoms with van der Waals surface area (Å²) >= 11 is 5.22. The van der Waals surface area contributed by atoms with Gasteiger partial charge in [0.1, 0.15) is 5.60 Å². The average molecular weight is 391 g/mol. The molecule has 0 fully saturated rings. The molecule has 1 amide bonds. The van der Waals surface area contributed by atoms with E-state index >= 15 is 0 Å². The molecule has 0 spiro atoms. The highest BCUT2D eigenvalue weighted by Gasteiger charge is 2.21. The first kappa shape index (κ1) is 19.5. The number of hydrogen-bond acceptors (Lipinski definition) is 4. The first-order valence-corrected chi connectivity index (χ1v) is 9.17. The standard InChI is InChI=1S/C16H27BrN2O2S/c1-11(9-19(6)15(20)21-16(3,4)5)8-18-12(2)14-7-13(17)10-22-14/h7,10-12,18H,8-9H2,1-6H3. The average Bonchev–Trinajstić information content (AvgIpc) is 2.80. The van der Waals surface area contributed by atoms with Gasteiger partial charge < -0.3 is 15.0 Å². The second kappa shape index (κ2) is 8.31. The van der Waals surface area contributed by atoms with Crippen LogP contribution in [0.3, 0.4) is 0 Å². The molecule has 4 nitrogen and oxygen atoms in total. The van der Waals surface area contributed by atoms with E-state index in [-0.39, 0.29) is 6.09 Å². The molecular formula is C16H27BrN2O2S. The predicted molar refractivity (Wildman–Crippen MR) is 96.5 cm³/mol. The lowest BCUT2D eigenvalue weighted by molar-refractivity contribution is 0.0276. The summed E-state index contributed by atoms with van der Waals surface area (Å²) in [6.07, 6.45) is -0.269. The highest BCUT2D eigenvalue weighted by Crippen LogP contribution is 2.25. The van der Waals surface area contributed by atoms with Crippen molar-refractivity contribution < 1.29 is 9.53 Å². The van der Waals surface area contributed by atoms with E-state index in [9.17, 15) is 4.79 Å². The van der Waals surface area contributed by atoms with Crippen LogP contribution < -0.4 is 5.32 Å². The fourth-order valence-corrected chi connectivity index (χ4v) is 3.46. The molecule has 0 saturated carbocycles. The van der Waals surface area contributed by atoms with E-state index in [1.807, 2.05) is 20.8 Å². The van der Waals surface area contributed by atoms with E-state index in [1.165, 1.54) is 4.88 Å². The zero-order valence-corrected chi connectivity index (χ0v) is 16.7. The van der Waals surface area contributed by atoms with Crippen LogP contribution >= 0.6 is 27.3 Å². The molecule has 2 atom stereocenters. The van der Waals surface area contributed by atoms with Crippen LogP contribution in [0.25, 0.3) is 0 Å². The fraction of sp³-hybridized carbons (Fsp3) is 0.688. The summed E-state index contributed by atoms with van der Waals surface area (Å²) in [6.45, 7) is 11.4. The van der Waals surface area contributed by atoms with Crippen molar-refractivity contribution in [2.45, 2.75) is 46.3 Å².